The molecule has 84 valence electrons. The van der Waals surface area contributed by atoms with Crippen LogP contribution in [0.4, 0.5) is 12.9 Å². The molecule has 0 saturated heterocycles. The molecule has 0 radical (unpaired) electrons. The molecule has 16 heavy (non-hydrogen) atoms. The fourth-order valence-electron chi connectivity index (χ4n) is 1.26. The number of hydrogen-bond acceptors (Lipinski definition) is 1. The summed E-state index contributed by atoms with van der Waals surface area (Å²) >= 11 is 0. The number of aliphatic hydroxyl groups is 1. The van der Waals surface area contributed by atoms with Crippen LogP contribution in [0.3, 0.4) is 0 Å². The average molecular weight is 256 g/mol. The van der Waals surface area contributed by atoms with E-state index < -0.39 is 18.0 Å². The minimum Gasteiger partial charge on any atom is -0.445 e. The van der Waals surface area contributed by atoms with Gasteiger partial charge in [-0.25, -0.2) is 0 Å². The second-order valence-corrected chi connectivity index (χ2v) is 3.82. The molecule has 0 spiro atoms. The Labute approximate surface area is 136 Å². The van der Waals surface area contributed by atoms with Gasteiger partial charge in [0.15, 0.2) is 0 Å². The van der Waals surface area contributed by atoms with Gasteiger partial charge in [0, 0.05) is 0 Å². The molecule has 0 saturated carbocycles. The molecule has 1 unspecified atom stereocenters. The molecular weight excluding hydrogens is 243 g/mol. The van der Waals surface area contributed by atoms with Crippen molar-refractivity contribution in [3.63, 3.8) is 0 Å². The van der Waals surface area contributed by atoms with Crippen LogP contribution in [0.2, 0.25) is 0 Å². The molecule has 0 aromatic heterocycles. The van der Waals surface area contributed by atoms with E-state index in [1.807, 2.05) is 0 Å². The summed E-state index contributed by atoms with van der Waals surface area (Å²) in [6.07, 6.45) is 0.462. The second kappa shape index (κ2) is 6.02. The number of benzene rings is 1. The van der Waals surface area contributed by atoms with Crippen molar-refractivity contribution in [2.24, 2.45) is 0 Å². The van der Waals surface area contributed by atoms with Gasteiger partial charge in [0.1, 0.15) is 0 Å². The van der Waals surface area contributed by atoms with Crippen molar-refractivity contribution in [3.05, 3.63) is 29.8 Å². The van der Waals surface area contributed by atoms with E-state index in [9.17, 15) is 18.1 Å². The van der Waals surface area contributed by atoms with E-state index in [4.69, 9.17) is 0 Å². The molecule has 0 fully saturated rings. The molecule has 1 atom stereocenters. The van der Waals surface area contributed by atoms with Gasteiger partial charge in [0.25, 0.3) is 0 Å². The van der Waals surface area contributed by atoms with Crippen molar-refractivity contribution in [3.8, 4) is 0 Å². The predicted octanol–water partition coefficient (Wildman–Crippen LogP) is -0.637. The molecule has 1 aromatic carbocycles. The van der Waals surface area contributed by atoms with Gasteiger partial charge in [-0.15, -0.1) is 5.46 Å². The summed E-state index contributed by atoms with van der Waals surface area (Å²) < 4.78 is 36.9. The fourth-order valence-corrected chi connectivity index (χ4v) is 1.26. The second-order valence-electron chi connectivity index (χ2n) is 3.82. The first-order valence-electron chi connectivity index (χ1n) is 4.80. The third kappa shape index (κ3) is 4.16. The number of rotatable bonds is 3. The summed E-state index contributed by atoms with van der Waals surface area (Å²) in [6, 6.07) is 4.68. The molecular formula is C10H13BF3KO. The Morgan fingerprint density at radius 2 is 1.62 bits per heavy atom. The summed E-state index contributed by atoms with van der Waals surface area (Å²) in [5, 5.41) is 9.81. The number of halogens is 3. The molecule has 0 aliphatic rings. The first-order chi connectivity index (χ1) is 6.77. The van der Waals surface area contributed by atoms with Crippen LogP contribution in [0.15, 0.2) is 24.3 Å². The van der Waals surface area contributed by atoms with Crippen LogP contribution in [0, 0.1) is 0 Å². The smallest absolute Gasteiger partial charge is 0.445 e. The molecule has 1 rings (SSSR count). The maximum atomic E-state index is 12.3. The van der Waals surface area contributed by atoms with Crippen molar-refractivity contribution in [1.29, 1.82) is 0 Å². The molecule has 0 amide bonds. The topological polar surface area (TPSA) is 20.2 Å². The minimum atomic E-state index is -4.95. The monoisotopic (exact) mass is 256 g/mol. The van der Waals surface area contributed by atoms with Crippen LogP contribution in [0.1, 0.15) is 25.8 Å². The third-order valence-corrected chi connectivity index (χ3v) is 2.60. The summed E-state index contributed by atoms with van der Waals surface area (Å²) in [4.78, 5) is 0. The largest absolute Gasteiger partial charge is 1.00 e. The Balaban J connectivity index is 0.00000225. The van der Waals surface area contributed by atoms with Crippen molar-refractivity contribution in [2.45, 2.75) is 25.9 Å². The van der Waals surface area contributed by atoms with Gasteiger partial charge in [0.2, 0.25) is 0 Å². The van der Waals surface area contributed by atoms with Crippen LogP contribution in [0.5, 0.6) is 0 Å². The molecule has 0 bridgehead atoms. The minimum absolute atomic E-state index is 0. The summed E-state index contributed by atoms with van der Waals surface area (Å²) in [6.45, 7) is -1.58. The molecule has 1 N–H and O–H groups in total. The maximum absolute atomic E-state index is 12.3. The van der Waals surface area contributed by atoms with E-state index in [1.165, 1.54) is 12.1 Å². The fraction of sp³-hybridized carbons (Fsp3) is 0.400. The molecule has 6 heteroatoms. The van der Waals surface area contributed by atoms with E-state index in [2.05, 4.69) is 0 Å². The summed E-state index contributed by atoms with van der Waals surface area (Å²) in [5.41, 5.74) is -1.18. The van der Waals surface area contributed by atoms with E-state index in [1.54, 1.807) is 13.8 Å². The Morgan fingerprint density at radius 3 is 1.94 bits per heavy atom. The normalized spacial score (nSPS) is 15.1. The van der Waals surface area contributed by atoms with E-state index in [-0.39, 0.29) is 51.4 Å². The van der Waals surface area contributed by atoms with Crippen molar-refractivity contribution in [1.82, 2.24) is 0 Å². The van der Waals surface area contributed by atoms with Crippen molar-refractivity contribution in [2.75, 3.05) is 0 Å². The first-order valence-corrected chi connectivity index (χ1v) is 4.80. The van der Waals surface area contributed by atoms with Gasteiger partial charge in [-0.05, 0) is 18.9 Å². The van der Waals surface area contributed by atoms with Gasteiger partial charge >= 0.3 is 58.4 Å². The van der Waals surface area contributed by atoms with E-state index in [0.29, 0.717) is 12.0 Å². The van der Waals surface area contributed by atoms with E-state index in [0.717, 1.165) is 12.1 Å². The molecule has 0 aliphatic carbocycles. The number of hydrogen-bond donors (Lipinski definition) is 1. The quantitative estimate of drug-likeness (QED) is 0.713. The zero-order valence-corrected chi connectivity index (χ0v) is 12.8. The average Bonchev–Trinajstić information content (AvgIpc) is 2.17. The van der Waals surface area contributed by atoms with Gasteiger partial charge in [0.05, 0.1) is 5.60 Å². The summed E-state index contributed by atoms with van der Waals surface area (Å²) in [7, 11) is 0. The van der Waals surface area contributed by atoms with Crippen LogP contribution in [0.25, 0.3) is 0 Å². The van der Waals surface area contributed by atoms with Gasteiger partial charge in [-0.2, -0.15) is 0 Å². The van der Waals surface area contributed by atoms with E-state index >= 15 is 0 Å². The Morgan fingerprint density at radius 1 is 1.19 bits per heavy atom. The zero-order chi connectivity index (χ0) is 11.7. The predicted molar refractivity (Wildman–Crippen MR) is 55.0 cm³/mol. The van der Waals surface area contributed by atoms with Gasteiger partial charge < -0.3 is 18.1 Å². The Kier molecular flexibility index (Phi) is 6.27. The standard InChI is InChI=1S/C10H13BF3O.K/c1-3-10(2,15)8-4-6-9(7-5-8)11(12,13)14;/h4-7,15H,3H2,1-2H3;/q-1;+1. The van der Waals surface area contributed by atoms with Gasteiger partial charge in [-0.1, -0.05) is 31.2 Å². The SMILES string of the molecule is CCC(C)(O)c1ccc([B-](F)(F)F)cc1.[K+]. The van der Waals surface area contributed by atoms with Crippen LogP contribution < -0.4 is 56.8 Å². The van der Waals surface area contributed by atoms with Crippen LogP contribution >= 0.6 is 0 Å². The van der Waals surface area contributed by atoms with Gasteiger partial charge in [-0.3, -0.25) is 0 Å². The molecule has 1 nitrogen and oxygen atoms in total. The molecule has 0 heterocycles. The Bertz CT molecular complexity index is 335. The molecule has 1 aromatic rings. The first kappa shape index (κ1) is 16.7. The Hall–Kier alpha value is 0.671. The summed E-state index contributed by atoms with van der Waals surface area (Å²) in [5.74, 6) is 0. The third-order valence-electron chi connectivity index (χ3n) is 2.60. The zero-order valence-electron chi connectivity index (χ0n) is 9.67. The van der Waals surface area contributed by atoms with Crippen LogP contribution in [-0.4, -0.2) is 12.1 Å². The maximum Gasteiger partial charge on any atom is 1.00 e. The molecule has 0 aliphatic heterocycles. The van der Waals surface area contributed by atoms with Crippen molar-refractivity contribution < 1.29 is 69.4 Å². The van der Waals surface area contributed by atoms with Crippen molar-refractivity contribution >= 4 is 12.4 Å². The van der Waals surface area contributed by atoms with Crippen LogP contribution in [-0.2, 0) is 5.60 Å².